The summed E-state index contributed by atoms with van der Waals surface area (Å²) in [6, 6.07) is 9.48. The number of hydrogen-bond acceptors (Lipinski definition) is 3. The molecule has 0 amide bonds. The lowest BCUT2D eigenvalue weighted by Crippen LogP contribution is -2.02. The van der Waals surface area contributed by atoms with Crippen molar-refractivity contribution in [2.75, 3.05) is 5.32 Å². The molecule has 18 heavy (non-hydrogen) atoms. The highest BCUT2D eigenvalue weighted by atomic mass is 79.9. The zero-order chi connectivity index (χ0) is 13.1. The maximum Gasteiger partial charge on any atom is 0.134 e. The molecule has 2 N–H and O–H groups in total. The third kappa shape index (κ3) is 3.23. The van der Waals surface area contributed by atoms with Crippen molar-refractivity contribution in [2.24, 2.45) is 0 Å². The first-order valence-corrected chi connectivity index (χ1v) is 6.99. The average molecular weight is 372 g/mol. The highest BCUT2D eigenvalue weighted by Crippen LogP contribution is 2.31. The van der Waals surface area contributed by atoms with Gasteiger partial charge in [0, 0.05) is 22.3 Å². The van der Waals surface area contributed by atoms with Gasteiger partial charge in [0.25, 0.3) is 0 Å². The van der Waals surface area contributed by atoms with Gasteiger partial charge in [-0.15, -0.1) is 0 Å². The van der Waals surface area contributed by atoms with Crippen LogP contribution in [0.5, 0.6) is 5.75 Å². The second-order valence-electron chi connectivity index (χ2n) is 3.91. The molecule has 1 aromatic carbocycles. The number of phenolic OH excluding ortho intramolecular Hbond substituents is 1. The van der Waals surface area contributed by atoms with Crippen LogP contribution in [-0.4, -0.2) is 10.1 Å². The van der Waals surface area contributed by atoms with E-state index >= 15 is 0 Å². The molecule has 0 bridgehead atoms. The van der Waals surface area contributed by atoms with Gasteiger partial charge in [-0.3, -0.25) is 0 Å². The minimum absolute atomic E-state index is 0.248. The Morgan fingerprint density at radius 3 is 2.78 bits per heavy atom. The minimum atomic E-state index is 0.248. The van der Waals surface area contributed by atoms with E-state index in [9.17, 15) is 5.11 Å². The van der Waals surface area contributed by atoms with E-state index in [-0.39, 0.29) is 5.75 Å². The van der Waals surface area contributed by atoms with Crippen LogP contribution in [0, 0.1) is 6.92 Å². The first-order chi connectivity index (χ1) is 8.56. The third-order valence-corrected chi connectivity index (χ3v) is 3.52. The third-order valence-electron chi connectivity index (χ3n) is 2.46. The molecule has 0 aliphatic rings. The van der Waals surface area contributed by atoms with Gasteiger partial charge in [0.1, 0.15) is 11.6 Å². The maximum atomic E-state index is 9.93. The Morgan fingerprint density at radius 1 is 1.28 bits per heavy atom. The van der Waals surface area contributed by atoms with Gasteiger partial charge in [-0.05, 0) is 47.1 Å². The van der Waals surface area contributed by atoms with Crippen LogP contribution in [-0.2, 0) is 6.54 Å². The van der Waals surface area contributed by atoms with Gasteiger partial charge >= 0.3 is 0 Å². The molecule has 2 rings (SSSR count). The molecule has 0 atom stereocenters. The Kier molecular flexibility index (Phi) is 4.24. The summed E-state index contributed by atoms with van der Waals surface area (Å²) >= 11 is 6.71. The highest BCUT2D eigenvalue weighted by molar-refractivity contribution is 9.11. The van der Waals surface area contributed by atoms with Crippen molar-refractivity contribution in [1.82, 2.24) is 4.98 Å². The average Bonchev–Trinajstić information content (AvgIpc) is 2.32. The summed E-state index contributed by atoms with van der Waals surface area (Å²) in [6.45, 7) is 2.46. The first kappa shape index (κ1) is 13.4. The molecular formula is C13H12Br2N2O. The van der Waals surface area contributed by atoms with Crippen LogP contribution in [0.25, 0.3) is 0 Å². The fourth-order valence-corrected chi connectivity index (χ4v) is 2.90. The van der Waals surface area contributed by atoms with Crippen LogP contribution >= 0.6 is 31.9 Å². The summed E-state index contributed by atoms with van der Waals surface area (Å²) in [5, 5.41) is 13.1. The van der Waals surface area contributed by atoms with Crippen LogP contribution < -0.4 is 5.32 Å². The number of rotatable bonds is 3. The molecule has 94 valence electrons. The molecule has 1 heterocycles. The second-order valence-corrected chi connectivity index (χ2v) is 5.68. The summed E-state index contributed by atoms with van der Waals surface area (Å²) < 4.78 is 1.59. The Hall–Kier alpha value is -1.07. The van der Waals surface area contributed by atoms with E-state index in [0.29, 0.717) is 11.0 Å². The molecule has 0 aliphatic carbocycles. The summed E-state index contributed by atoms with van der Waals surface area (Å²) in [7, 11) is 0. The van der Waals surface area contributed by atoms with E-state index in [0.717, 1.165) is 21.5 Å². The standard InChI is InChI=1S/C13H12Br2N2O/c1-8-3-2-4-12(17-8)16-7-9-5-10(14)6-11(15)13(9)18/h2-6,18H,7H2,1H3,(H,16,17). The van der Waals surface area contributed by atoms with Gasteiger partial charge in [0.2, 0.25) is 0 Å². The Bertz CT molecular complexity index is 573. The van der Waals surface area contributed by atoms with Gasteiger partial charge in [0.05, 0.1) is 4.47 Å². The molecule has 0 spiro atoms. The van der Waals surface area contributed by atoms with Gasteiger partial charge in [-0.1, -0.05) is 22.0 Å². The number of phenols is 1. The quantitative estimate of drug-likeness (QED) is 0.848. The molecule has 0 saturated carbocycles. The molecular weight excluding hydrogens is 360 g/mol. The number of nitrogens with zero attached hydrogens (tertiary/aromatic N) is 1. The fourth-order valence-electron chi connectivity index (χ4n) is 1.58. The molecule has 2 aromatic rings. The van der Waals surface area contributed by atoms with E-state index in [1.165, 1.54) is 0 Å². The Morgan fingerprint density at radius 2 is 2.06 bits per heavy atom. The lowest BCUT2D eigenvalue weighted by molar-refractivity contribution is 0.465. The van der Waals surface area contributed by atoms with E-state index in [1.807, 2.05) is 37.3 Å². The van der Waals surface area contributed by atoms with Crippen LogP contribution in [0.15, 0.2) is 39.3 Å². The van der Waals surface area contributed by atoms with E-state index in [2.05, 4.69) is 42.2 Å². The predicted octanol–water partition coefficient (Wildman–Crippen LogP) is 4.23. The largest absolute Gasteiger partial charge is 0.506 e. The van der Waals surface area contributed by atoms with Crippen molar-refractivity contribution in [1.29, 1.82) is 0 Å². The van der Waals surface area contributed by atoms with Crippen molar-refractivity contribution in [3.63, 3.8) is 0 Å². The Balaban J connectivity index is 2.15. The number of aromatic hydroxyl groups is 1. The summed E-state index contributed by atoms with van der Waals surface area (Å²) in [4.78, 5) is 4.35. The smallest absolute Gasteiger partial charge is 0.134 e. The van der Waals surface area contributed by atoms with Crippen LogP contribution in [0.2, 0.25) is 0 Å². The molecule has 1 aromatic heterocycles. The lowest BCUT2D eigenvalue weighted by atomic mass is 10.2. The SMILES string of the molecule is Cc1cccc(NCc2cc(Br)cc(Br)c2O)n1. The van der Waals surface area contributed by atoms with Gasteiger partial charge < -0.3 is 10.4 Å². The molecule has 0 radical (unpaired) electrons. The van der Waals surface area contributed by atoms with Crippen LogP contribution in [0.1, 0.15) is 11.3 Å². The number of benzene rings is 1. The molecule has 0 saturated heterocycles. The van der Waals surface area contributed by atoms with Gasteiger partial charge in [-0.2, -0.15) is 0 Å². The van der Waals surface area contributed by atoms with E-state index < -0.39 is 0 Å². The van der Waals surface area contributed by atoms with Gasteiger partial charge in [0.15, 0.2) is 0 Å². The van der Waals surface area contributed by atoms with E-state index in [1.54, 1.807) is 0 Å². The van der Waals surface area contributed by atoms with Crippen molar-refractivity contribution in [3.05, 3.63) is 50.5 Å². The molecule has 5 heteroatoms. The van der Waals surface area contributed by atoms with E-state index in [4.69, 9.17) is 0 Å². The van der Waals surface area contributed by atoms with Crippen molar-refractivity contribution in [3.8, 4) is 5.75 Å². The molecule has 0 unspecified atom stereocenters. The molecule has 3 nitrogen and oxygen atoms in total. The number of aromatic nitrogens is 1. The van der Waals surface area contributed by atoms with Crippen molar-refractivity contribution in [2.45, 2.75) is 13.5 Å². The fraction of sp³-hybridized carbons (Fsp3) is 0.154. The summed E-state index contributed by atoms with van der Waals surface area (Å²) in [5.74, 6) is 1.05. The number of halogens is 2. The molecule has 0 aliphatic heterocycles. The van der Waals surface area contributed by atoms with Crippen LogP contribution in [0.4, 0.5) is 5.82 Å². The number of hydrogen-bond donors (Lipinski definition) is 2. The topological polar surface area (TPSA) is 45.1 Å². The zero-order valence-corrected chi connectivity index (χ0v) is 12.9. The zero-order valence-electron chi connectivity index (χ0n) is 9.74. The van der Waals surface area contributed by atoms with Crippen LogP contribution in [0.3, 0.4) is 0 Å². The number of nitrogens with one attached hydrogen (secondary N) is 1. The van der Waals surface area contributed by atoms with Crippen molar-refractivity contribution < 1.29 is 5.11 Å². The highest BCUT2D eigenvalue weighted by Gasteiger charge is 2.07. The lowest BCUT2D eigenvalue weighted by Gasteiger charge is -2.09. The summed E-state index contributed by atoms with van der Waals surface area (Å²) in [5.41, 5.74) is 1.76. The number of anilines is 1. The van der Waals surface area contributed by atoms with Crippen molar-refractivity contribution >= 4 is 37.7 Å². The normalized spacial score (nSPS) is 10.4. The predicted molar refractivity (Wildman–Crippen MR) is 79.8 cm³/mol. The minimum Gasteiger partial charge on any atom is -0.506 e. The number of aryl methyl sites for hydroxylation is 1. The second kappa shape index (κ2) is 5.71. The number of pyridine rings is 1. The first-order valence-electron chi connectivity index (χ1n) is 5.40. The Labute approximate surface area is 123 Å². The molecule has 0 fully saturated rings. The monoisotopic (exact) mass is 370 g/mol. The summed E-state index contributed by atoms with van der Waals surface area (Å²) in [6.07, 6.45) is 0. The van der Waals surface area contributed by atoms with Gasteiger partial charge in [-0.25, -0.2) is 4.98 Å². The maximum absolute atomic E-state index is 9.93.